The van der Waals surface area contributed by atoms with Crippen LogP contribution in [0, 0.1) is 0 Å². The molecule has 0 unspecified atom stereocenters. The van der Waals surface area contributed by atoms with Gasteiger partial charge in [0.05, 0.1) is 20.4 Å². The Bertz CT molecular complexity index is 541. The summed E-state index contributed by atoms with van der Waals surface area (Å²) < 4.78 is 9.59. The molecule has 0 amide bonds. The number of methoxy groups -OCH3 is 2. The third kappa shape index (κ3) is 2.39. The van der Waals surface area contributed by atoms with Crippen molar-refractivity contribution < 1.29 is 14.3 Å². The first-order chi connectivity index (χ1) is 8.24. The molecule has 0 fully saturated rings. The fraction of sp³-hybridized carbons (Fsp3) is 0.200. The fourth-order valence-corrected chi connectivity index (χ4v) is 1.96. The van der Waals surface area contributed by atoms with Gasteiger partial charge in [-0.05, 0) is 0 Å². The molecule has 0 aliphatic rings. The van der Waals surface area contributed by atoms with Crippen molar-refractivity contribution in [3.63, 3.8) is 0 Å². The summed E-state index contributed by atoms with van der Waals surface area (Å²) in [5, 5.41) is 0.617. The van der Waals surface area contributed by atoms with Crippen molar-refractivity contribution in [3.05, 3.63) is 23.5 Å². The van der Waals surface area contributed by atoms with Crippen LogP contribution in [0.1, 0.15) is 9.67 Å². The second-order valence-corrected chi connectivity index (χ2v) is 4.00. The van der Waals surface area contributed by atoms with E-state index in [1.54, 1.807) is 6.07 Å². The summed E-state index contributed by atoms with van der Waals surface area (Å²) in [7, 11) is 2.85. The first-order valence-electron chi connectivity index (χ1n) is 4.65. The summed E-state index contributed by atoms with van der Waals surface area (Å²) in [6.07, 6.45) is 2.84. The number of ether oxygens (including phenoxy) is 2. The summed E-state index contributed by atoms with van der Waals surface area (Å²) in [4.78, 5) is 23.8. The lowest BCUT2D eigenvalue weighted by atomic mass is 10.4. The van der Waals surface area contributed by atoms with E-state index in [9.17, 15) is 4.79 Å². The molecule has 0 radical (unpaired) electrons. The standard InChI is InChI=1S/C10H9N3O3S/c1-15-8-3-6(12-5-13-8)9-11-4-7(17-9)10(14)16-2/h3-5H,1-2H3. The fourth-order valence-electron chi connectivity index (χ4n) is 1.16. The molecule has 0 saturated carbocycles. The van der Waals surface area contributed by atoms with Crippen molar-refractivity contribution >= 4 is 17.3 Å². The SMILES string of the molecule is COC(=O)c1cnc(-c2cc(OC)ncn2)s1. The first-order valence-corrected chi connectivity index (χ1v) is 5.47. The number of thiazole rings is 1. The maximum absolute atomic E-state index is 11.3. The molecule has 2 aromatic heterocycles. The second-order valence-electron chi connectivity index (χ2n) is 2.97. The van der Waals surface area contributed by atoms with Crippen LogP contribution in [0.15, 0.2) is 18.6 Å². The molecule has 0 spiro atoms. The van der Waals surface area contributed by atoms with Crippen molar-refractivity contribution in [2.45, 2.75) is 0 Å². The number of aromatic nitrogens is 3. The summed E-state index contributed by atoms with van der Waals surface area (Å²) in [5.74, 6) is 0.0413. The molecule has 0 saturated heterocycles. The molecule has 0 aliphatic carbocycles. The minimum atomic E-state index is -0.408. The molecule has 17 heavy (non-hydrogen) atoms. The molecule has 7 heteroatoms. The van der Waals surface area contributed by atoms with Gasteiger partial charge in [-0.1, -0.05) is 0 Å². The molecule has 0 bridgehead atoms. The van der Waals surface area contributed by atoms with E-state index in [1.807, 2.05) is 0 Å². The van der Waals surface area contributed by atoms with Crippen molar-refractivity contribution in [3.8, 4) is 16.6 Å². The van der Waals surface area contributed by atoms with Crippen molar-refractivity contribution in [2.75, 3.05) is 14.2 Å². The highest BCUT2D eigenvalue weighted by Crippen LogP contribution is 2.25. The van der Waals surface area contributed by atoms with Crippen LogP contribution in [-0.2, 0) is 4.74 Å². The summed E-state index contributed by atoms with van der Waals surface area (Å²) in [5.41, 5.74) is 0.608. The van der Waals surface area contributed by atoms with Gasteiger partial charge in [0.15, 0.2) is 0 Å². The Morgan fingerprint density at radius 2 is 2.12 bits per heavy atom. The third-order valence-electron chi connectivity index (χ3n) is 1.96. The molecule has 0 aromatic carbocycles. The van der Waals surface area contributed by atoms with E-state index in [1.165, 1.54) is 38.1 Å². The van der Waals surface area contributed by atoms with E-state index in [0.717, 1.165) is 0 Å². The molecule has 88 valence electrons. The van der Waals surface area contributed by atoms with Gasteiger partial charge >= 0.3 is 5.97 Å². The van der Waals surface area contributed by atoms with Crippen LogP contribution >= 0.6 is 11.3 Å². The van der Waals surface area contributed by atoms with Gasteiger partial charge in [-0.25, -0.2) is 19.7 Å². The van der Waals surface area contributed by atoms with Gasteiger partial charge in [0, 0.05) is 6.07 Å². The Labute approximate surface area is 101 Å². The first kappa shape index (κ1) is 11.5. The minimum Gasteiger partial charge on any atom is -0.481 e. The van der Waals surface area contributed by atoms with Crippen LogP contribution in [0.5, 0.6) is 5.88 Å². The van der Waals surface area contributed by atoms with Crippen LogP contribution in [0.3, 0.4) is 0 Å². The molecular weight excluding hydrogens is 242 g/mol. The average molecular weight is 251 g/mol. The molecule has 2 rings (SSSR count). The van der Waals surface area contributed by atoms with E-state index in [0.29, 0.717) is 21.5 Å². The monoisotopic (exact) mass is 251 g/mol. The molecule has 0 N–H and O–H groups in total. The maximum atomic E-state index is 11.3. The number of carbonyl (C=O) groups is 1. The highest BCUT2D eigenvalue weighted by Gasteiger charge is 2.13. The van der Waals surface area contributed by atoms with Crippen LogP contribution in [0.25, 0.3) is 10.7 Å². The number of hydrogen-bond acceptors (Lipinski definition) is 7. The van der Waals surface area contributed by atoms with Gasteiger partial charge < -0.3 is 9.47 Å². The zero-order valence-corrected chi connectivity index (χ0v) is 10.0. The summed E-state index contributed by atoms with van der Waals surface area (Å²) in [6.45, 7) is 0. The highest BCUT2D eigenvalue weighted by atomic mass is 32.1. The van der Waals surface area contributed by atoms with Crippen molar-refractivity contribution in [2.24, 2.45) is 0 Å². The predicted molar refractivity (Wildman–Crippen MR) is 61.0 cm³/mol. The average Bonchev–Trinajstić information content (AvgIpc) is 2.87. The van der Waals surface area contributed by atoms with Gasteiger partial charge in [0.2, 0.25) is 5.88 Å². The van der Waals surface area contributed by atoms with Crippen LogP contribution < -0.4 is 4.74 Å². The number of esters is 1. The Morgan fingerprint density at radius 1 is 1.29 bits per heavy atom. The van der Waals surface area contributed by atoms with Gasteiger partial charge in [-0.15, -0.1) is 11.3 Å². The molecule has 0 aliphatic heterocycles. The highest BCUT2D eigenvalue weighted by molar-refractivity contribution is 7.16. The van der Waals surface area contributed by atoms with Crippen molar-refractivity contribution in [1.82, 2.24) is 15.0 Å². The normalized spacial score (nSPS) is 10.0. The van der Waals surface area contributed by atoms with E-state index in [-0.39, 0.29) is 0 Å². The topological polar surface area (TPSA) is 74.2 Å². The quantitative estimate of drug-likeness (QED) is 0.767. The smallest absolute Gasteiger partial charge is 0.349 e. The van der Waals surface area contributed by atoms with E-state index >= 15 is 0 Å². The zero-order valence-electron chi connectivity index (χ0n) is 9.21. The Hall–Kier alpha value is -2.02. The molecular formula is C10H9N3O3S. The van der Waals surface area contributed by atoms with Gasteiger partial charge in [-0.3, -0.25) is 0 Å². The van der Waals surface area contributed by atoms with Crippen LogP contribution in [-0.4, -0.2) is 35.1 Å². The van der Waals surface area contributed by atoms with Crippen LogP contribution in [0.2, 0.25) is 0 Å². The van der Waals surface area contributed by atoms with Crippen molar-refractivity contribution in [1.29, 1.82) is 0 Å². The maximum Gasteiger partial charge on any atom is 0.349 e. The number of rotatable bonds is 3. The van der Waals surface area contributed by atoms with Gasteiger partial charge in [-0.2, -0.15) is 0 Å². The molecule has 2 aromatic rings. The number of hydrogen-bond donors (Lipinski definition) is 0. The summed E-state index contributed by atoms with van der Waals surface area (Å²) in [6, 6.07) is 1.65. The molecule has 2 heterocycles. The largest absolute Gasteiger partial charge is 0.481 e. The van der Waals surface area contributed by atoms with Crippen LogP contribution in [0.4, 0.5) is 0 Å². The Balaban J connectivity index is 2.33. The predicted octanol–water partition coefficient (Wildman–Crippen LogP) is 1.40. The minimum absolute atomic E-state index is 0.408. The lowest BCUT2D eigenvalue weighted by Gasteiger charge is -1.98. The lowest BCUT2D eigenvalue weighted by Crippen LogP contribution is -1.96. The lowest BCUT2D eigenvalue weighted by molar-refractivity contribution is 0.0606. The van der Waals surface area contributed by atoms with Gasteiger partial charge in [0.25, 0.3) is 0 Å². The zero-order chi connectivity index (χ0) is 12.3. The molecule has 6 nitrogen and oxygen atoms in total. The third-order valence-corrected chi connectivity index (χ3v) is 2.96. The second kappa shape index (κ2) is 4.88. The number of carbonyl (C=O) groups excluding carboxylic acids is 1. The Morgan fingerprint density at radius 3 is 2.82 bits per heavy atom. The Kier molecular flexibility index (Phi) is 3.29. The number of nitrogens with zero attached hydrogens (tertiary/aromatic N) is 3. The van der Waals surface area contributed by atoms with E-state index in [4.69, 9.17) is 4.74 Å². The summed E-state index contributed by atoms with van der Waals surface area (Å²) >= 11 is 1.21. The van der Waals surface area contributed by atoms with E-state index < -0.39 is 5.97 Å². The van der Waals surface area contributed by atoms with Gasteiger partial charge in [0.1, 0.15) is 21.9 Å². The van der Waals surface area contributed by atoms with E-state index in [2.05, 4.69) is 19.7 Å². The molecule has 0 atom stereocenters.